The number of amides is 4. The second kappa shape index (κ2) is 6.67. The average molecular weight is 362 g/mol. The molecular weight excluding hydrogens is 340 g/mol. The number of hydrogen-bond acceptors (Lipinski definition) is 6. The normalized spacial score (nSPS) is 27.8. The van der Waals surface area contributed by atoms with Gasteiger partial charge >= 0.3 is 6.03 Å². The van der Waals surface area contributed by atoms with E-state index in [9.17, 15) is 14.4 Å². The van der Waals surface area contributed by atoms with Crippen molar-refractivity contribution in [1.29, 1.82) is 0 Å². The van der Waals surface area contributed by atoms with E-state index < -0.39 is 11.6 Å². The van der Waals surface area contributed by atoms with Gasteiger partial charge in [0.1, 0.15) is 12.1 Å². The molecule has 1 aromatic rings. The first-order valence-corrected chi connectivity index (χ1v) is 8.96. The van der Waals surface area contributed by atoms with Crippen LogP contribution in [0, 0.1) is 0 Å². The summed E-state index contributed by atoms with van der Waals surface area (Å²) < 4.78 is 7.08. The highest BCUT2D eigenvalue weighted by Crippen LogP contribution is 2.33. The van der Waals surface area contributed by atoms with Gasteiger partial charge in [0.2, 0.25) is 5.91 Å². The highest BCUT2D eigenvalue weighted by molar-refractivity contribution is 6.09. The topological polar surface area (TPSA) is 118 Å². The van der Waals surface area contributed by atoms with Crippen LogP contribution in [0.3, 0.4) is 0 Å². The molecule has 1 aromatic heterocycles. The third kappa shape index (κ3) is 2.94. The number of nitrogens with one attached hydrogen (secondary N) is 2. The van der Waals surface area contributed by atoms with Crippen LogP contribution in [0.25, 0.3) is 0 Å². The van der Waals surface area contributed by atoms with E-state index >= 15 is 0 Å². The second-order valence-electron chi connectivity index (χ2n) is 7.13. The summed E-state index contributed by atoms with van der Waals surface area (Å²) in [6.45, 7) is 0.480. The van der Waals surface area contributed by atoms with Gasteiger partial charge in [-0.25, -0.2) is 9.48 Å². The van der Waals surface area contributed by atoms with E-state index in [4.69, 9.17) is 4.74 Å². The molecule has 0 aromatic carbocycles. The Balaban J connectivity index is 1.39. The molecule has 1 aliphatic carbocycles. The molecule has 2 N–H and O–H groups in total. The molecule has 0 radical (unpaired) electrons. The molecule has 10 nitrogen and oxygen atoms in total. The molecule has 0 unspecified atom stereocenters. The fourth-order valence-electron chi connectivity index (χ4n) is 4.05. The molecule has 140 valence electrons. The summed E-state index contributed by atoms with van der Waals surface area (Å²) in [6.07, 6.45) is 7.44. The van der Waals surface area contributed by atoms with Crippen LogP contribution in [0.15, 0.2) is 12.4 Å². The molecule has 4 amide bonds. The smallest absolute Gasteiger partial charge is 0.325 e. The summed E-state index contributed by atoms with van der Waals surface area (Å²) in [5, 5.41) is 13.4. The first-order chi connectivity index (χ1) is 12.6. The van der Waals surface area contributed by atoms with Gasteiger partial charge < -0.3 is 15.4 Å². The van der Waals surface area contributed by atoms with Crippen molar-refractivity contribution < 1.29 is 19.1 Å². The van der Waals surface area contributed by atoms with Gasteiger partial charge in [0, 0.05) is 6.20 Å². The van der Waals surface area contributed by atoms with Crippen molar-refractivity contribution in [2.24, 2.45) is 0 Å². The van der Waals surface area contributed by atoms with Gasteiger partial charge in [0.25, 0.3) is 5.91 Å². The minimum atomic E-state index is -0.810. The Kier molecular flexibility index (Phi) is 4.35. The van der Waals surface area contributed by atoms with Gasteiger partial charge in [-0.15, -0.1) is 5.10 Å². The molecule has 2 atom stereocenters. The number of ether oxygens (including phenoxy) is 1. The summed E-state index contributed by atoms with van der Waals surface area (Å²) in [4.78, 5) is 38.5. The van der Waals surface area contributed by atoms with Crippen molar-refractivity contribution in [1.82, 2.24) is 30.5 Å². The zero-order valence-corrected chi connectivity index (χ0v) is 14.4. The maximum atomic E-state index is 12.7. The van der Waals surface area contributed by atoms with Gasteiger partial charge in [-0.2, -0.15) is 0 Å². The summed E-state index contributed by atoms with van der Waals surface area (Å²) in [5.41, 5.74) is -0.810. The highest BCUT2D eigenvalue weighted by Gasteiger charge is 2.51. The van der Waals surface area contributed by atoms with Crippen LogP contribution in [0.5, 0.6) is 0 Å². The third-order valence-electron chi connectivity index (χ3n) is 5.43. The molecule has 3 aliphatic rings. The molecular formula is C16H22N6O4. The fraction of sp³-hybridized carbons (Fsp3) is 0.688. The summed E-state index contributed by atoms with van der Waals surface area (Å²) in [7, 11) is 0. The summed E-state index contributed by atoms with van der Waals surface area (Å²) in [6, 6.07) is -0.926. The molecule has 1 spiro atoms. The van der Waals surface area contributed by atoms with Crippen LogP contribution >= 0.6 is 0 Å². The zero-order chi connectivity index (χ0) is 18.1. The third-order valence-corrected chi connectivity index (χ3v) is 5.43. The van der Waals surface area contributed by atoms with Crippen LogP contribution in [-0.2, 0) is 14.3 Å². The van der Waals surface area contributed by atoms with Crippen LogP contribution in [0.4, 0.5) is 4.79 Å². The molecule has 3 fully saturated rings. The van der Waals surface area contributed by atoms with E-state index in [1.165, 1.54) is 0 Å². The maximum absolute atomic E-state index is 12.7. The lowest BCUT2D eigenvalue weighted by Gasteiger charge is -2.30. The molecule has 2 saturated heterocycles. The molecule has 26 heavy (non-hydrogen) atoms. The van der Waals surface area contributed by atoms with Gasteiger partial charge in [-0.3, -0.25) is 14.5 Å². The molecule has 0 bridgehead atoms. The Morgan fingerprint density at radius 1 is 1.31 bits per heavy atom. The molecule has 3 heterocycles. The number of nitrogens with zero attached hydrogens (tertiary/aromatic N) is 4. The van der Waals surface area contributed by atoms with E-state index in [1.54, 1.807) is 17.1 Å². The van der Waals surface area contributed by atoms with Gasteiger partial charge in [0.15, 0.2) is 0 Å². The van der Waals surface area contributed by atoms with Crippen LogP contribution in [0.2, 0.25) is 0 Å². The number of urea groups is 1. The Hall–Kier alpha value is -2.49. The minimum Gasteiger partial charge on any atom is -0.377 e. The monoisotopic (exact) mass is 362 g/mol. The van der Waals surface area contributed by atoms with Gasteiger partial charge in [0.05, 0.1) is 31.5 Å². The van der Waals surface area contributed by atoms with E-state index in [0.29, 0.717) is 26.1 Å². The molecule has 4 rings (SSSR count). The molecule has 2 aliphatic heterocycles. The number of aromatic nitrogens is 3. The summed E-state index contributed by atoms with van der Waals surface area (Å²) >= 11 is 0. The first-order valence-electron chi connectivity index (χ1n) is 8.96. The van der Waals surface area contributed by atoms with Crippen LogP contribution < -0.4 is 10.6 Å². The Bertz CT molecular complexity index is 700. The number of imide groups is 1. The number of rotatable bonds is 4. The van der Waals surface area contributed by atoms with Gasteiger partial charge in [-0.1, -0.05) is 24.5 Å². The van der Waals surface area contributed by atoms with Crippen molar-refractivity contribution in [2.75, 3.05) is 19.8 Å². The van der Waals surface area contributed by atoms with E-state index in [2.05, 4.69) is 20.9 Å². The SMILES string of the molecule is O=C(CN1C(=O)NC2(CCCCC2)C1=O)N[C@H]1COC[C@H]1n1ccnn1. The fourth-order valence-corrected chi connectivity index (χ4v) is 4.05. The van der Waals surface area contributed by atoms with Crippen LogP contribution in [0.1, 0.15) is 38.1 Å². The van der Waals surface area contributed by atoms with E-state index in [1.807, 2.05) is 0 Å². The van der Waals surface area contributed by atoms with Crippen molar-refractivity contribution >= 4 is 17.8 Å². The molecule has 1 saturated carbocycles. The quantitative estimate of drug-likeness (QED) is 0.703. The standard InChI is InChI=1S/C16H22N6O4/c23-13(18-11-9-26-10-12(11)22-7-6-17-20-22)8-21-14(24)16(19-15(21)25)4-2-1-3-5-16/h6-7,11-12H,1-5,8-10H2,(H,18,23)(H,19,25)/t11-,12+/m0/s1. The van der Waals surface area contributed by atoms with E-state index in [0.717, 1.165) is 24.2 Å². The Labute approximate surface area is 150 Å². The summed E-state index contributed by atoms with van der Waals surface area (Å²) in [5.74, 6) is -0.671. The lowest BCUT2D eigenvalue weighted by atomic mass is 9.82. The lowest BCUT2D eigenvalue weighted by molar-refractivity contribution is -0.136. The number of carbonyl (C=O) groups excluding carboxylic acids is 3. The number of hydrogen-bond donors (Lipinski definition) is 2. The Morgan fingerprint density at radius 3 is 2.85 bits per heavy atom. The van der Waals surface area contributed by atoms with E-state index in [-0.39, 0.29) is 30.4 Å². The predicted molar refractivity (Wildman–Crippen MR) is 87.9 cm³/mol. The Morgan fingerprint density at radius 2 is 2.12 bits per heavy atom. The van der Waals surface area contributed by atoms with Gasteiger partial charge in [-0.05, 0) is 12.8 Å². The van der Waals surface area contributed by atoms with Crippen molar-refractivity contribution in [3.8, 4) is 0 Å². The predicted octanol–water partition coefficient (Wildman–Crippen LogP) is -0.411. The second-order valence-corrected chi connectivity index (χ2v) is 7.13. The zero-order valence-electron chi connectivity index (χ0n) is 14.4. The van der Waals surface area contributed by atoms with Crippen molar-refractivity contribution in [3.05, 3.63) is 12.4 Å². The number of carbonyl (C=O) groups is 3. The minimum absolute atomic E-state index is 0.158. The largest absolute Gasteiger partial charge is 0.377 e. The average Bonchev–Trinajstić information content (AvgIpc) is 3.34. The lowest BCUT2D eigenvalue weighted by Crippen LogP contribution is -2.50. The maximum Gasteiger partial charge on any atom is 0.325 e. The highest BCUT2D eigenvalue weighted by atomic mass is 16.5. The van der Waals surface area contributed by atoms with Crippen molar-refractivity contribution in [2.45, 2.75) is 49.7 Å². The van der Waals surface area contributed by atoms with Crippen LogP contribution in [-0.4, -0.2) is 69.1 Å². The van der Waals surface area contributed by atoms with Crippen molar-refractivity contribution in [3.63, 3.8) is 0 Å². The first kappa shape index (κ1) is 17.0. The molecule has 10 heteroatoms.